The Kier molecular flexibility index (Phi) is 3.12. The summed E-state index contributed by atoms with van der Waals surface area (Å²) >= 11 is 0. The van der Waals surface area contributed by atoms with Crippen LogP contribution in [-0.4, -0.2) is 12.2 Å². The van der Waals surface area contributed by atoms with Crippen molar-refractivity contribution in [3.8, 4) is 0 Å². The summed E-state index contributed by atoms with van der Waals surface area (Å²) in [7, 11) is 0. The second-order valence-electron chi connectivity index (χ2n) is 4.64. The van der Waals surface area contributed by atoms with E-state index in [0.29, 0.717) is 0 Å². The zero-order valence-corrected chi connectivity index (χ0v) is 9.46. The van der Waals surface area contributed by atoms with E-state index in [2.05, 4.69) is 11.9 Å². The highest BCUT2D eigenvalue weighted by atomic mass is 16.1. The average molecular weight is 207 g/mol. The zero-order chi connectivity index (χ0) is 11.6. The van der Waals surface area contributed by atoms with E-state index < -0.39 is 0 Å². The topological polar surface area (TPSA) is 46.2 Å². The third kappa shape index (κ3) is 2.55. The highest BCUT2D eigenvalue weighted by Gasteiger charge is 2.32. The van der Waals surface area contributed by atoms with Crippen LogP contribution in [0.25, 0.3) is 0 Å². The molecule has 0 spiro atoms. The van der Waals surface area contributed by atoms with Crippen molar-refractivity contribution >= 4 is 12.2 Å². The molecule has 1 aliphatic carbocycles. The van der Waals surface area contributed by atoms with E-state index in [1.807, 2.05) is 13.8 Å². The minimum Gasteiger partial charge on any atom is -0.330 e. The summed E-state index contributed by atoms with van der Waals surface area (Å²) in [5, 5.41) is 2.78. The van der Waals surface area contributed by atoms with Gasteiger partial charge in [-0.2, -0.15) is 0 Å². The molecule has 3 heteroatoms. The number of carbonyl (C=O) groups is 2. The maximum absolute atomic E-state index is 11.0. The van der Waals surface area contributed by atoms with Gasteiger partial charge in [0.2, 0.25) is 5.91 Å². The minimum atomic E-state index is -0.264. The van der Waals surface area contributed by atoms with Crippen LogP contribution in [0.3, 0.4) is 0 Å². The number of amides is 1. The monoisotopic (exact) mass is 207 g/mol. The van der Waals surface area contributed by atoms with E-state index >= 15 is 0 Å². The SMILES string of the molecule is C=C1CC(C)(C)C(NC(C)=O)=CC1C=O. The quantitative estimate of drug-likeness (QED) is 0.554. The van der Waals surface area contributed by atoms with E-state index in [-0.39, 0.29) is 17.2 Å². The van der Waals surface area contributed by atoms with Crippen molar-refractivity contribution in [2.24, 2.45) is 11.3 Å². The van der Waals surface area contributed by atoms with Gasteiger partial charge in [-0.3, -0.25) is 4.79 Å². The Morgan fingerprint density at radius 3 is 2.73 bits per heavy atom. The second-order valence-corrected chi connectivity index (χ2v) is 4.64. The fourth-order valence-corrected chi connectivity index (χ4v) is 1.84. The maximum atomic E-state index is 11.0. The molecule has 0 aliphatic heterocycles. The van der Waals surface area contributed by atoms with Gasteiger partial charge in [0.05, 0.1) is 5.92 Å². The van der Waals surface area contributed by atoms with Crippen LogP contribution in [0.4, 0.5) is 0 Å². The molecule has 0 aromatic heterocycles. The molecule has 1 rings (SSSR count). The van der Waals surface area contributed by atoms with E-state index in [0.717, 1.165) is 24.0 Å². The predicted octanol–water partition coefficient (Wildman–Crippen LogP) is 1.81. The lowest BCUT2D eigenvalue weighted by molar-refractivity contribution is -0.118. The van der Waals surface area contributed by atoms with Gasteiger partial charge in [0.25, 0.3) is 0 Å². The molecule has 1 atom stereocenters. The van der Waals surface area contributed by atoms with Gasteiger partial charge in [-0.05, 0) is 6.42 Å². The number of allylic oxidation sites excluding steroid dienone is 3. The second kappa shape index (κ2) is 4.01. The fourth-order valence-electron chi connectivity index (χ4n) is 1.84. The number of nitrogens with one attached hydrogen (secondary N) is 1. The molecule has 0 heterocycles. The van der Waals surface area contributed by atoms with Crippen molar-refractivity contribution in [1.82, 2.24) is 5.32 Å². The highest BCUT2D eigenvalue weighted by Crippen LogP contribution is 2.39. The first-order valence-corrected chi connectivity index (χ1v) is 4.99. The molecule has 0 bridgehead atoms. The summed E-state index contributed by atoms with van der Waals surface area (Å²) < 4.78 is 0. The van der Waals surface area contributed by atoms with Crippen molar-refractivity contribution < 1.29 is 9.59 Å². The van der Waals surface area contributed by atoms with Gasteiger partial charge < -0.3 is 10.1 Å². The molecule has 1 aliphatic rings. The Labute approximate surface area is 90.2 Å². The van der Waals surface area contributed by atoms with E-state index in [4.69, 9.17) is 0 Å². The van der Waals surface area contributed by atoms with Gasteiger partial charge in [0, 0.05) is 18.0 Å². The molecule has 15 heavy (non-hydrogen) atoms. The van der Waals surface area contributed by atoms with Crippen molar-refractivity contribution in [1.29, 1.82) is 0 Å². The van der Waals surface area contributed by atoms with Crippen LogP contribution in [0, 0.1) is 11.3 Å². The van der Waals surface area contributed by atoms with Crippen LogP contribution in [0.5, 0.6) is 0 Å². The van der Waals surface area contributed by atoms with Crippen molar-refractivity contribution in [2.45, 2.75) is 27.2 Å². The lowest BCUT2D eigenvalue weighted by Crippen LogP contribution is -2.34. The first-order valence-electron chi connectivity index (χ1n) is 4.99. The molecule has 3 nitrogen and oxygen atoms in total. The van der Waals surface area contributed by atoms with Crippen LogP contribution in [0.15, 0.2) is 23.9 Å². The largest absolute Gasteiger partial charge is 0.330 e. The van der Waals surface area contributed by atoms with Gasteiger partial charge in [-0.15, -0.1) is 0 Å². The van der Waals surface area contributed by atoms with Gasteiger partial charge in [0.15, 0.2) is 0 Å². The maximum Gasteiger partial charge on any atom is 0.221 e. The molecule has 1 N–H and O–H groups in total. The summed E-state index contributed by atoms with van der Waals surface area (Å²) in [5.74, 6) is -0.369. The van der Waals surface area contributed by atoms with Gasteiger partial charge >= 0.3 is 0 Å². The first-order chi connectivity index (χ1) is 6.86. The predicted molar refractivity (Wildman–Crippen MR) is 59.0 cm³/mol. The number of hydrogen-bond acceptors (Lipinski definition) is 2. The molecule has 1 unspecified atom stereocenters. The summed E-state index contributed by atoms with van der Waals surface area (Å²) in [4.78, 5) is 21.8. The average Bonchev–Trinajstić information content (AvgIpc) is 2.08. The summed E-state index contributed by atoms with van der Waals surface area (Å²) in [6.45, 7) is 9.41. The zero-order valence-electron chi connectivity index (χ0n) is 9.46. The number of rotatable bonds is 2. The Hall–Kier alpha value is -1.38. The highest BCUT2D eigenvalue weighted by molar-refractivity contribution is 5.76. The lowest BCUT2D eigenvalue weighted by Gasteiger charge is -2.35. The Balaban J connectivity index is 3.02. The molecular formula is C12H17NO2. The van der Waals surface area contributed by atoms with Crippen molar-refractivity contribution in [2.75, 3.05) is 0 Å². The Morgan fingerprint density at radius 2 is 2.27 bits per heavy atom. The number of aldehydes is 1. The van der Waals surface area contributed by atoms with Crippen molar-refractivity contribution in [3.63, 3.8) is 0 Å². The fraction of sp³-hybridized carbons (Fsp3) is 0.500. The lowest BCUT2D eigenvalue weighted by atomic mass is 9.74. The van der Waals surface area contributed by atoms with Gasteiger partial charge in [-0.1, -0.05) is 32.1 Å². The van der Waals surface area contributed by atoms with Gasteiger partial charge in [-0.25, -0.2) is 0 Å². The Bertz CT molecular complexity index is 340. The Morgan fingerprint density at radius 1 is 1.67 bits per heavy atom. The van der Waals surface area contributed by atoms with Crippen LogP contribution in [0.1, 0.15) is 27.2 Å². The normalized spacial score (nSPS) is 24.3. The first kappa shape index (κ1) is 11.7. The molecule has 0 aromatic rings. The molecule has 0 fully saturated rings. The smallest absolute Gasteiger partial charge is 0.221 e. The van der Waals surface area contributed by atoms with Crippen LogP contribution >= 0.6 is 0 Å². The van der Waals surface area contributed by atoms with Crippen LogP contribution < -0.4 is 5.32 Å². The van der Waals surface area contributed by atoms with E-state index in [1.54, 1.807) is 6.08 Å². The molecule has 0 saturated heterocycles. The van der Waals surface area contributed by atoms with Crippen molar-refractivity contribution in [3.05, 3.63) is 23.9 Å². The molecular weight excluding hydrogens is 190 g/mol. The van der Waals surface area contributed by atoms with E-state index in [1.165, 1.54) is 6.92 Å². The van der Waals surface area contributed by atoms with Gasteiger partial charge in [0.1, 0.15) is 6.29 Å². The van der Waals surface area contributed by atoms with Crippen LogP contribution in [0.2, 0.25) is 0 Å². The molecule has 0 radical (unpaired) electrons. The minimum absolute atomic E-state index is 0.105. The summed E-state index contributed by atoms with van der Waals surface area (Å²) in [5.41, 5.74) is 1.58. The van der Waals surface area contributed by atoms with Crippen LogP contribution in [-0.2, 0) is 9.59 Å². The van der Waals surface area contributed by atoms with E-state index in [9.17, 15) is 9.59 Å². The molecule has 1 amide bonds. The summed E-state index contributed by atoms with van der Waals surface area (Å²) in [6, 6.07) is 0. The third-order valence-electron chi connectivity index (χ3n) is 2.67. The number of carbonyl (C=O) groups excluding carboxylic acids is 2. The molecule has 82 valence electrons. The standard InChI is InChI=1S/C12H17NO2/c1-8-6-12(3,4)11(13-9(2)15)5-10(8)7-14/h5,7,10H,1,6H2,2-4H3,(H,13,15). The number of hydrogen-bond donors (Lipinski definition) is 1. The summed E-state index contributed by atoms with van der Waals surface area (Å²) in [6.07, 6.45) is 3.38. The third-order valence-corrected chi connectivity index (χ3v) is 2.67. The molecule has 0 saturated carbocycles. The molecule has 0 aromatic carbocycles.